The lowest BCUT2D eigenvalue weighted by Gasteiger charge is -2.24. The molecule has 11 heteroatoms. The smallest absolute Gasteiger partial charge is 0.506 e. The molecule has 0 atom stereocenters. The van der Waals surface area contributed by atoms with Crippen LogP contribution in [0.5, 0.6) is 11.5 Å². The maximum atomic E-state index is 14.9. The van der Waals surface area contributed by atoms with Gasteiger partial charge in [0.1, 0.15) is 11.5 Å². The maximum Gasteiger partial charge on any atom is 0.743 e. The van der Waals surface area contributed by atoms with E-state index in [1.807, 2.05) is 116 Å². The fourth-order valence-corrected chi connectivity index (χ4v) is 7.77. The van der Waals surface area contributed by atoms with Crippen LogP contribution in [0.1, 0.15) is 82.0 Å². The summed E-state index contributed by atoms with van der Waals surface area (Å²) in [4.78, 5) is 5.26. The second-order valence-electron chi connectivity index (χ2n) is 17.6. The Hall–Kier alpha value is -6.75. The van der Waals surface area contributed by atoms with E-state index in [1.165, 1.54) is 0 Å². The van der Waals surface area contributed by atoms with Crippen molar-refractivity contribution in [3.8, 4) is 33.9 Å². The van der Waals surface area contributed by atoms with Crippen molar-refractivity contribution in [2.75, 3.05) is 0 Å². The van der Waals surface area contributed by atoms with Gasteiger partial charge in [-0.3, -0.25) is 0 Å². The van der Waals surface area contributed by atoms with Crippen molar-refractivity contribution < 1.29 is 35.7 Å². The van der Waals surface area contributed by atoms with E-state index in [0.29, 0.717) is 58.1 Å². The van der Waals surface area contributed by atoms with Gasteiger partial charge in [-0.1, -0.05) is 145 Å². The number of aliphatic imine (C=N–C) groups is 1. The molecule has 63 heavy (non-hydrogen) atoms. The first-order valence-corrected chi connectivity index (χ1v) is 20.4. The van der Waals surface area contributed by atoms with E-state index < -0.39 is 53.7 Å². The number of rotatable bonds is 9. The van der Waals surface area contributed by atoms with Gasteiger partial charge in [0.15, 0.2) is 34.9 Å². The van der Waals surface area contributed by atoms with Gasteiger partial charge in [-0.15, -0.1) is 0 Å². The number of benzene rings is 6. The second kappa shape index (κ2) is 16.5. The van der Waals surface area contributed by atoms with E-state index in [-0.39, 0.29) is 10.8 Å². The van der Waals surface area contributed by atoms with Gasteiger partial charge in [-0.25, -0.2) is 31.3 Å². The first-order chi connectivity index (χ1) is 29.9. The topological polar surface area (TPSA) is 35.8 Å². The second-order valence-corrected chi connectivity index (χ2v) is 17.6. The zero-order chi connectivity index (χ0) is 45.0. The van der Waals surface area contributed by atoms with E-state index in [9.17, 15) is 26.3 Å². The molecular weight excluding hydrogens is 809 g/mol. The van der Waals surface area contributed by atoms with Gasteiger partial charge < -0.3 is 13.8 Å². The van der Waals surface area contributed by atoms with Crippen LogP contribution in [-0.2, 0) is 10.8 Å². The Morgan fingerprint density at radius 2 is 0.952 bits per heavy atom. The van der Waals surface area contributed by atoms with Crippen LogP contribution < -0.4 is 9.31 Å². The van der Waals surface area contributed by atoms with Crippen molar-refractivity contribution in [2.45, 2.75) is 59.3 Å². The molecule has 7 aromatic rings. The van der Waals surface area contributed by atoms with Gasteiger partial charge in [-0.2, -0.15) is 0 Å². The van der Waals surface area contributed by atoms with Gasteiger partial charge in [0.05, 0.1) is 11.4 Å². The highest BCUT2D eigenvalue weighted by Crippen LogP contribution is 2.44. The number of aromatic nitrogens is 1. The van der Waals surface area contributed by atoms with Crippen molar-refractivity contribution in [3.63, 3.8) is 0 Å². The lowest BCUT2D eigenvalue weighted by Crippen LogP contribution is -2.40. The van der Waals surface area contributed by atoms with Crippen LogP contribution in [0.4, 0.5) is 26.3 Å². The molecule has 2 heterocycles. The number of nitrogens with zero attached hydrogens (tertiary/aromatic N) is 2. The Labute approximate surface area is 363 Å². The minimum Gasteiger partial charge on any atom is -0.506 e. The Bertz CT molecular complexity index is 2820. The van der Waals surface area contributed by atoms with Gasteiger partial charge in [-0.05, 0) is 51.6 Å². The molecule has 6 aromatic carbocycles. The van der Waals surface area contributed by atoms with E-state index in [0.717, 1.165) is 39.1 Å². The van der Waals surface area contributed by atoms with Crippen LogP contribution in [0.2, 0.25) is 0 Å². The van der Waals surface area contributed by atoms with E-state index in [1.54, 1.807) is 4.48 Å². The predicted molar refractivity (Wildman–Crippen MR) is 239 cm³/mol. The van der Waals surface area contributed by atoms with E-state index in [2.05, 4.69) is 41.5 Å². The highest BCUT2D eigenvalue weighted by atomic mass is 19.2. The molecule has 0 amide bonds. The van der Waals surface area contributed by atoms with Crippen LogP contribution >= 0.6 is 0 Å². The highest BCUT2D eigenvalue weighted by Gasteiger charge is 2.38. The standard InChI is InChI=1S/C52H43BF6N2O2/c1-30(48-38-15-11-12-16-39(38)49(60-48)33-13-9-8-10-14-33)50-40(31-17-21-34(22-18-31)51(2,3)4)29-45(32-19-23-35(24-20-32)52(5,6)7)61(50)53(62-36-25-41(54)46(58)42(55)26-36)63-37-27-43(56)47(59)44(57)28-37/h8-29H,1-7H3/b48-30-. The Morgan fingerprint density at radius 3 is 1.43 bits per heavy atom. The van der Waals surface area contributed by atoms with Crippen LogP contribution in [0.25, 0.3) is 33.7 Å². The van der Waals surface area contributed by atoms with Crippen LogP contribution in [0.15, 0.2) is 138 Å². The Balaban J connectivity index is 1.48. The van der Waals surface area contributed by atoms with Gasteiger partial charge in [0.2, 0.25) is 0 Å². The zero-order valence-electron chi connectivity index (χ0n) is 35.8. The van der Waals surface area contributed by atoms with Crippen molar-refractivity contribution >= 4 is 24.2 Å². The third kappa shape index (κ3) is 8.44. The van der Waals surface area contributed by atoms with Gasteiger partial charge >= 0.3 is 7.25 Å². The number of hydrogen-bond donors (Lipinski definition) is 0. The average molecular weight is 853 g/mol. The van der Waals surface area contributed by atoms with E-state index in [4.69, 9.17) is 14.3 Å². The van der Waals surface area contributed by atoms with Gasteiger partial charge in [0, 0.05) is 57.9 Å². The molecule has 0 saturated carbocycles. The molecule has 0 fully saturated rings. The number of allylic oxidation sites excluding steroid dienone is 1. The van der Waals surface area contributed by atoms with Crippen molar-refractivity contribution in [3.05, 3.63) is 202 Å². The summed E-state index contributed by atoms with van der Waals surface area (Å²) < 4.78 is 103. The number of halogens is 6. The van der Waals surface area contributed by atoms with Gasteiger partial charge in [0.25, 0.3) is 0 Å². The fourth-order valence-electron chi connectivity index (χ4n) is 7.77. The summed E-state index contributed by atoms with van der Waals surface area (Å²) in [6.45, 7) is 14.5. The highest BCUT2D eigenvalue weighted by molar-refractivity contribution is 6.46. The molecule has 1 aliphatic heterocycles. The molecule has 1 aliphatic rings. The summed E-state index contributed by atoms with van der Waals surface area (Å²) in [6.07, 6.45) is 0. The summed E-state index contributed by atoms with van der Waals surface area (Å²) in [5.41, 5.74) is 9.18. The minimum atomic E-state index is -1.84. The molecule has 0 bridgehead atoms. The average Bonchev–Trinajstić information content (AvgIpc) is 3.84. The molecule has 8 rings (SSSR count). The zero-order valence-corrected chi connectivity index (χ0v) is 35.8. The summed E-state index contributed by atoms with van der Waals surface area (Å²) in [5.74, 6) is -10.6. The molecule has 318 valence electrons. The summed E-state index contributed by atoms with van der Waals surface area (Å²) in [6, 6.07) is 37.8. The van der Waals surface area contributed by atoms with Crippen molar-refractivity contribution in [1.82, 2.24) is 4.48 Å². The largest absolute Gasteiger partial charge is 0.743 e. The summed E-state index contributed by atoms with van der Waals surface area (Å²) in [7, 11) is -1.84. The molecule has 0 saturated heterocycles. The molecule has 4 nitrogen and oxygen atoms in total. The number of fused-ring (bicyclic) bond motifs is 1. The normalized spacial score (nSPS) is 13.4. The third-order valence-electron chi connectivity index (χ3n) is 11.2. The Morgan fingerprint density at radius 1 is 0.508 bits per heavy atom. The molecule has 0 N–H and O–H groups in total. The quantitative estimate of drug-likeness (QED) is 0.0824. The summed E-state index contributed by atoms with van der Waals surface area (Å²) in [5, 5.41) is 0. The van der Waals surface area contributed by atoms with Crippen LogP contribution in [0, 0.1) is 34.9 Å². The lowest BCUT2D eigenvalue weighted by molar-refractivity contribution is 0.387. The van der Waals surface area contributed by atoms with Crippen LogP contribution in [0.3, 0.4) is 0 Å². The summed E-state index contributed by atoms with van der Waals surface area (Å²) >= 11 is 0. The maximum absolute atomic E-state index is 14.9. The third-order valence-corrected chi connectivity index (χ3v) is 11.2. The minimum absolute atomic E-state index is 0.173. The fraction of sp³-hybridized carbons (Fsp3) is 0.173. The lowest BCUT2D eigenvalue weighted by atomic mass is 9.86. The molecular formula is C52H43BF6N2O2. The monoisotopic (exact) mass is 852 g/mol. The first kappa shape index (κ1) is 42.9. The molecule has 0 spiro atoms. The SMILES string of the molecule is C/C(=C1/N=C(c2ccccc2)c2ccccc21)c1c(-c2ccc(C(C)(C)C)cc2)cc(-c2ccc(C(C)(C)C)cc2)n1B(Oc1cc(F)c(F)c(F)c1)Oc1cc(F)c(F)c(F)c1. The molecule has 0 radical (unpaired) electrons. The first-order valence-electron chi connectivity index (χ1n) is 20.4. The van der Waals surface area contributed by atoms with Crippen molar-refractivity contribution in [1.29, 1.82) is 0 Å². The molecule has 1 aromatic heterocycles. The van der Waals surface area contributed by atoms with Crippen molar-refractivity contribution in [2.24, 2.45) is 4.99 Å². The van der Waals surface area contributed by atoms with Crippen LogP contribution in [-0.4, -0.2) is 17.4 Å². The number of hydrogen-bond acceptors (Lipinski definition) is 3. The Kier molecular flexibility index (Phi) is 11.2. The predicted octanol–water partition coefficient (Wildman–Crippen LogP) is 14.0. The molecule has 0 aliphatic carbocycles. The van der Waals surface area contributed by atoms with E-state index >= 15 is 0 Å². The molecule has 0 unspecified atom stereocenters.